The van der Waals surface area contributed by atoms with Crippen molar-refractivity contribution < 1.29 is 4.79 Å². The van der Waals surface area contributed by atoms with E-state index in [1.807, 2.05) is 49.9 Å². The van der Waals surface area contributed by atoms with Crippen LogP contribution in [0.1, 0.15) is 40.5 Å². The van der Waals surface area contributed by atoms with Crippen LogP contribution in [0.3, 0.4) is 0 Å². The van der Waals surface area contributed by atoms with Gasteiger partial charge in [0.1, 0.15) is 5.82 Å². The molecule has 5 heteroatoms. The summed E-state index contributed by atoms with van der Waals surface area (Å²) >= 11 is 0. The van der Waals surface area contributed by atoms with Gasteiger partial charge in [0, 0.05) is 18.7 Å². The number of benzene rings is 1. The van der Waals surface area contributed by atoms with Gasteiger partial charge in [-0.25, -0.2) is 0 Å². The maximum Gasteiger partial charge on any atom is 0.254 e. The molecule has 0 bridgehead atoms. The number of hydrogen-bond donors (Lipinski definition) is 0. The second-order valence-corrected chi connectivity index (χ2v) is 5.30. The van der Waals surface area contributed by atoms with Crippen molar-refractivity contribution >= 4 is 5.91 Å². The molecule has 0 N–H and O–H groups in total. The van der Waals surface area contributed by atoms with Gasteiger partial charge in [-0.2, -0.15) is 0 Å². The molecule has 1 aliphatic heterocycles. The Hall–Kier alpha value is -2.17. The molecule has 0 fully saturated rings. The lowest BCUT2D eigenvalue weighted by molar-refractivity contribution is 0.0636. The third-order valence-electron chi connectivity index (χ3n) is 3.93. The largest absolute Gasteiger partial charge is 0.327 e. The van der Waals surface area contributed by atoms with Gasteiger partial charge in [-0.1, -0.05) is 17.7 Å². The van der Waals surface area contributed by atoms with Crippen molar-refractivity contribution in [2.45, 2.75) is 33.4 Å². The lowest BCUT2D eigenvalue weighted by Gasteiger charge is -2.33. The highest BCUT2D eigenvalue weighted by atomic mass is 16.2. The lowest BCUT2D eigenvalue weighted by Crippen LogP contribution is -2.41. The molecule has 20 heavy (non-hydrogen) atoms. The number of carbonyl (C=O) groups excluding carboxylic acids is 1. The van der Waals surface area contributed by atoms with Crippen LogP contribution in [-0.4, -0.2) is 32.1 Å². The van der Waals surface area contributed by atoms with Crippen LogP contribution in [0.15, 0.2) is 24.3 Å². The first-order valence-corrected chi connectivity index (χ1v) is 6.85. The Labute approximate surface area is 118 Å². The van der Waals surface area contributed by atoms with Gasteiger partial charge >= 0.3 is 0 Å². The number of aryl methyl sites for hydroxylation is 2. The van der Waals surface area contributed by atoms with E-state index in [-0.39, 0.29) is 11.9 Å². The van der Waals surface area contributed by atoms with E-state index in [0.29, 0.717) is 6.54 Å². The summed E-state index contributed by atoms with van der Waals surface area (Å²) in [4.78, 5) is 14.5. The lowest BCUT2D eigenvalue weighted by atomic mass is 10.1. The molecule has 0 aliphatic carbocycles. The first kappa shape index (κ1) is 12.8. The van der Waals surface area contributed by atoms with E-state index in [9.17, 15) is 4.79 Å². The molecule has 1 unspecified atom stereocenters. The summed E-state index contributed by atoms with van der Waals surface area (Å²) in [6.45, 7) is 7.42. The Morgan fingerprint density at radius 3 is 2.55 bits per heavy atom. The van der Waals surface area contributed by atoms with E-state index in [0.717, 1.165) is 29.3 Å². The minimum atomic E-state index is -0.0428. The molecule has 1 aliphatic rings. The van der Waals surface area contributed by atoms with E-state index >= 15 is 0 Å². The third-order valence-corrected chi connectivity index (χ3v) is 3.93. The van der Waals surface area contributed by atoms with Crippen molar-refractivity contribution in [2.75, 3.05) is 6.54 Å². The standard InChI is InChI=1S/C15H18N4O/c1-10-4-6-13(7-5-10)15(20)18-8-9-19-12(3)16-17-14(19)11(18)2/h4-7,11H,8-9H2,1-3H3. The fourth-order valence-corrected chi connectivity index (χ4v) is 2.66. The smallest absolute Gasteiger partial charge is 0.254 e. The highest BCUT2D eigenvalue weighted by Crippen LogP contribution is 2.25. The van der Waals surface area contributed by atoms with Gasteiger partial charge in [0.25, 0.3) is 5.91 Å². The molecular weight excluding hydrogens is 252 g/mol. The van der Waals surface area contributed by atoms with Crippen molar-refractivity contribution in [1.29, 1.82) is 0 Å². The van der Waals surface area contributed by atoms with Crippen molar-refractivity contribution in [1.82, 2.24) is 19.7 Å². The molecule has 1 amide bonds. The van der Waals surface area contributed by atoms with Crippen molar-refractivity contribution in [3.05, 3.63) is 47.0 Å². The first-order valence-electron chi connectivity index (χ1n) is 6.85. The van der Waals surface area contributed by atoms with Gasteiger partial charge in [-0.3, -0.25) is 4.79 Å². The molecule has 1 atom stereocenters. The molecule has 104 valence electrons. The third kappa shape index (κ3) is 1.99. The summed E-state index contributed by atoms with van der Waals surface area (Å²) in [6, 6.07) is 7.66. The summed E-state index contributed by atoms with van der Waals surface area (Å²) in [6.07, 6.45) is 0. The van der Waals surface area contributed by atoms with Gasteiger partial charge < -0.3 is 9.47 Å². The van der Waals surface area contributed by atoms with E-state index in [1.165, 1.54) is 0 Å². The number of hydrogen-bond acceptors (Lipinski definition) is 3. The van der Waals surface area contributed by atoms with Gasteiger partial charge in [0.05, 0.1) is 6.04 Å². The van der Waals surface area contributed by atoms with Gasteiger partial charge in [-0.15, -0.1) is 10.2 Å². The molecule has 1 aromatic heterocycles. The summed E-state index contributed by atoms with van der Waals surface area (Å²) in [5, 5.41) is 8.30. The quantitative estimate of drug-likeness (QED) is 0.797. The average Bonchev–Trinajstić information content (AvgIpc) is 2.82. The monoisotopic (exact) mass is 270 g/mol. The highest BCUT2D eigenvalue weighted by molar-refractivity contribution is 5.94. The van der Waals surface area contributed by atoms with E-state index in [4.69, 9.17) is 0 Å². The minimum absolute atomic E-state index is 0.0428. The topological polar surface area (TPSA) is 51.0 Å². The van der Waals surface area contributed by atoms with E-state index < -0.39 is 0 Å². The number of carbonyl (C=O) groups is 1. The number of nitrogens with zero attached hydrogens (tertiary/aromatic N) is 4. The Balaban J connectivity index is 1.88. The summed E-state index contributed by atoms with van der Waals surface area (Å²) in [5.41, 5.74) is 1.88. The second-order valence-electron chi connectivity index (χ2n) is 5.30. The number of aromatic nitrogens is 3. The van der Waals surface area contributed by atoms with Crippen LogP contribution in [0.5, 0.6) is 0 Å². The SMILES string of the molecule is Cc1ccc(C(=O)N2CCn3c(C)nnc3C2C)cc1. The Morgan fingerprint density at radius 1 is 1.15 bits per heavy atom. The molecular formula is C15H18N4O. The fraction of sp³-hybridized carbons (Fsp3) is 0.400. The maximum atomic E-state index is 12.6. The number of amides is 1. The minimum Gasteiger partial charge on any atom is -0.327 e. The zero-order valence-corrected chi connectivity index (χ0v) is 12.0. The maximum absolute atomic E-state index is 12.6. The van der Waals surface area contributed by atoms with Crippen molar-refractivity contribution in [3.8, 4) is 0 Å². The molecule has 5 nitrogen and oxygen atoms in total. The predicted molar refractivity (Wildman–Crippen MR) is 75.4 cm³/mol. The van der Waals surface area contributed by atoms with Crippen LogP contribution in [0.25, 0.3) is 0 Å². The average molecular weight is 270 g/mol. The molecule has 0 radical (unpaired) electrons. The van der Waals surface area contributed by atoms with Crippen molar-refractivity contribution in [3.63, 3.8) is 0 Å². The van der Waals surface area contributed by atoms with Gasteiger partial charge in [-0.05, 0) is 32.9 Å². The molecule has 3 rings (SSSR count). The Bertz CT molecular complexity index is 644. The first-order chi connectivity index (χ1) is 9.58. The molecule has 0 spiro atoms. The molecule has 0 saturated heterocycles. The fourth-order valence-electron chi connectivity index (χ4n) is 2.66. The Kier molecular flexibility index (Phi) is 3.04. The molecule has 1 aromatic carbocycles. The van der Waals surface area contributed by atoms with Crippen LogP contribution >= 0.6 is 0 Å². The van der Waals surface area contributed by atoms with Crippen LogP contribution in [-0.2, 0) is 6.54 Å². The summed E-state index contributed by atoms with van der Waals surface area (Å²) in [5.74, 6) is 1.84. The molecule has 2 aromatic rings. The summed E-state index contributed by atoms with van der Waals surface area (Å²) in [7, 11) is 0. The van der Waals surface area contributed by atoms with Crippen LogP contribution in [0, 0.1) is 13.8 Å². The van der Waals surface area contributed by atoms with E-state index in [1.54, 1.807) is 0 Å². The normalized spacial score (nSPS) is 17.9. The van der Waals surface area contributed by atoms with Gasteiger partial charge in [0.15, 0.2) is 5.82 Å². The summed E-state index contributed by atoms with van der Waals surface area (Å²) < 4.78 is 2.09. The second kappa shape index (κ2) is 4.74. The number of fused-ring (bicyclic) bond motifs is 1. The zero-order valence-electron chi connectivity index (χ0n) is 12.0. The van der Waals surface area contributed by atoms with Gasteiger partial charge in [0.2, 0.25) is 0 Å². The van der Waals surface area contributed by atoms with E-state index in [2.05, 4.69) is 14.8 Å². The number of rotatable bonds is 1. The predicted octanol–water partition coefficient (Wildman–Crippen LogP) is 2.11. The highest BCUT2D eigenvalue weighted by Gasteiger charge is 2.30. The Morgan fingerprint density at radius 2 is 1.85 bits per heavy atom. The van der Waals surface area contributed by atoms with Crippen LogP contribution in [0.2, 0.25) is 0 Å². The van der Waals surface area contributed by atoms with Crippen LogP contribution < -0.4 is 0 Å². The zero-order chi connectivity index (χ0) is 14.3. The molecule has 0 saturated carbocycles. The van der Waals surface area contributed by atoms with Crippen LogP contribution in [0.4, 0.5) is 0 Å². The molecule has 2 heterocycles. The van der Waals surface area contributed by atoms with Crippen molar-refractivity contribution in [2.24, 2.45) is 0 Å².